The van der Waals surface area contributed by atoms with E-state index < -0.39 is 0 Å². The molecule has 3 aromatic rings. The molecular formula is C23H18Cl2N2O3. The van der Waals surface area contributed by atoms with Gasteiger partial charge in [0.2, 0.25) is 6.79 Å². The van der Waals surface area contributed by atoms with Gasteiger partial charge < -0.3 is 14.6 Å². The number of nitrogens with one attached hydrogen (secondary N) is 1. The number of halogens is 2. The van der Waals surface area contributed by atoms with Gasteiger partial charge in [0, 0.05) is 33.8 Å². The Morgan fingerprint density at radius 1 is 0.933 bits per heavy atom. The third-order valence-corrected chi connectivity index (χ3v) is 5.75. The Labute approximate surface area is 183 Å². The van der Waals surface area contributed by atoms with Gasteiger partial charge in [-0.05, 0) is 59.7 Å². The number of fused-ring (bicyclic) bond motifs is 1. The summed E-state index contributed by atoms with van der Waals surface area (Å²) in [4.78, 5) is 4.95. The highest BCUT2D eigenvalue weighted by molar-refractivity contribution is 6.31. The van der Waals surface area contributed by atoms with E-state index in [-0.39, 0.29) is 24.8 Å². The third-order valence-electron chi connectivity index (χ3n) is 5.28. The summed E-state index contributed by atoms with van der Waals surface area (Å²) in [7, 11) is 0. The molecule has 0 saturated heterocycles. The predicted molar refractivity (Wildman–Crippen MR) is 117 cm³/mol. The quantitative estimate of drug-likeness (QED) is 0.552. The first-order valence-corrected chi connectivity index (χ1v) is 10.3. The minimum absolute atomic E-state index is 0.189. The van der Waals surface area contributed by atoms with Crippen LogP contribution in [0.3, 0.4) is 0 Å². The minimum Gasteiger partial charge on any atom is -0.508 e. The van der Waals surface area contributed by atoms with E-state index in [1.54, 1.807) is 18.2 Å². The molecule has 3 aromatic carbocycles. The molecule has 7 heteroatoms. The summed E-state index contributed by atoms with van der Waals surface area (Å²) in [6, 6.07) is 18.3. The first-order valence-electron chi connectivity index (χ1n) is 9.53. The van der Waals surface area contributed by atoms with Gasteiger partial charge in [0.15, 0.2) is 11.5 Å². The van der Waals surface area contributed by atoms with Crippen molar-refractivity contribution in [2.75, 3.05) is 6.79 Å². The largest absolute Gasteiger partial charge is 0.508 e. The summed E-state index contributed by atoms with van der Waals surface area (Å²) in [6.07, 6.45) is 0.242. The smallest absolute Gasteiger partial charge is 0.231 e. The minimum atomic E-state index is -0.332. The molecule has 0 spiro atoms. The molecule has 0 amide bonds. The number of benzene rings is 3. The van der Waals surface area contributed by atoms with Crippen LogP contribution in [0.4, 0.5) is 0 Å². The molecule has 0 radical (unpaired) electrons. The van der Waals surface area contributed by atoms with Gasteiger partial charge in [-0.2, -0.15) is 0 Å². The number of nitrogens with zero attached hydrogens (tertiary/aromatic N) is 1. The molecule has 5 nitrogen and oxygen atoms in total. The van der Waals surface area contributed by atoms with Crippen LogP contribution in [0.5, 0.6) is 17.2 Å². The predicted octanol–water partition coefficient (Wildman–Crippen LogP) is 5.65. The molecule has 2 atom stereocenters. The van der Waals surface area contributed by atoms with Crippen molar-refractivity contribution in [3.63, 3.8) is 0 Å². The first kappa shape index (κ1) is 19.2. The van der Waals surface area contributed by atoms with E-state index in [1.807, 2.05) is 42.5 Å². The highest BCUT2D eigenvalue weighted by Crippen LogP contribution is 2.38. The number of hydrogen-bond acceptors (Lipinski definition) is 5. The fourth-order valence-corrected chi connectivity index (χ4v) is 4.19. The van der Waals surface area contributed by atoms with Gasteiger partial charge in [0.25, 0.3) is 0 Å². The Kier molecular flexibility index (Phi) is 5.03. The second-order valence-electron chi connectivity index (χ2n) is 7.23. The Bertz CT molecular complexity index is 1150. The zero-order chi connectivity index (χ0) is 20.7. The van der Waals surface area contributed by atoms with Gasteiger partial charge in [-0.1, -0.05) is 35.3 Å². The molecule has 2 aliphatic heterocycles. The summed E-state index contributed by atoms with van der Waals surface area (Å²) in [5.74, 6) is 1.62. The number of phenolic OH excluding ortho intramolecular Hbond substituents is 1. The van der Waals surface area contributed by atoms with Crippen molar-refractivity contribution in [2.45, 2.75) is 18.6 Å². The number of rotatable bonds is 3. The molecule has 152 valence electrons. The molecule has 0 bridgehead atoms. The van der Waals surface area contributed by atoms with Crippen molar-refractivity contribution in [1.29, 1.82) is 0 Å². The SMILES string of the molecule is Oc1ccc(Cl)cc1[C@H]1CC(c2ccc3c(c2)OCO3)=N[C@@H](c2cccc(Cl)c2)N1. The fraction of sp³-hybridized carbons (Fsp3) is 0.174. The highest BCUT2D eigenvalue weighted by atomic mass is 35.5. The van der Waals surface area contributed by atoms with Gasteiger partial charge in [-0.25, -0.2) is 0 Å². The monoisotopic (exact) mass is 440 g/mol. The van der Waals surface area contributed by atoms with Gasteiger partial charge in [0.05, 0.1) is 0 Å². The lowest BCUT2D eigenvalue weighted by Gasteiger charge is -2.31. The zero-order valence-electron chi connectivity index (χ0n) is 15.8. The summed E-state index contributed by atoms with van der Waals surface area (Å²) in [5, 5.41) is 15.2. The first-order chi connectivity index (χ1) is 14.6. The molecule has 2 heterocycles. The van der Waals surface area contributed by atoms with E-state index in [4.69, 9.17) is 37.7 Å². The van der Waals surface area contributed by atoms with Crippen LogP contribution in [0.2, 0.25) is 10.0 Å². The molecule has 2 N–H and O–H groups in total. The Morgan fingerprint density at radius 2 is 1.77 bits per heavy atom. The van der Waals surface area contributed by atoms with E-state index >= 15 is 0 Å². The average molecular weight is 441 g/mol. The average Bonchev–Trinajstić information content (AvgIpc) is 3.23. The van der Waals surface area contributed by atoms with Crippen LogP contribution in [0.15, 0.2) is 65.7 Å². The molecule has 5 rings (SSSR count). The molecular weight excluding hydrogens is 423 g/mol. The van der Waals surface area contributed by atoms with E-state index in [1.165, 1.54) is 0 Å². The maximum absolute atomic E-state index is 10.5. The van der Waals surface area contributed by atoms with Crippen molar-refractivity contribution in [3.8, 4) is 17.2 Å². The standard InChI is InChI=1S/C23H18Cl2N2O3/c24-15-3-1-2-14(8-15)23-26-18(13-4-7-21-22(9-13)30-12-29-21)11-19(27-23)17-10-16(25)5-6-20(17)28/h1-10,19,23,27-28H,11-12H2/t19-,23-/m1/s1. The van der Waals surface area contributed by atoms with E-state index in [0.29, 0.717) is 22.2 Å². The second-order valence-corrected chi connectivity index (χ2v) is 8.10. The van der Waals surface area contributed by atoms with Crippen LogP contribution in [-0.4, -0.2) is 17.6 Å². The molecule has 0 fully saturated rings. The van der Waals surface area contributed by atoms with Crippen LogP contribution < -0.4 is 14.8 Å². The van der Waals surface area contributed by atoms with Gasteiger partial charge >= 0.3 is 0 Å². The summed E-state index contributed by atoms with van der Waals surface area (Å²) < 4.78 is 11.0. The maximum Gasteiger partial charge on any atom is 0.231 e. The van der Waals surface area contributed by atoms with Gasteiger partial charge in [-0.3, -0.25) is 10.3 Å². The molecule has 0 aromatic heterocycles. The van der Waals surface area contributed by atoms with Crippen molar-refractivity contribution >= 4 is 28.9 Å². The number of phenols is 1. The second kappa shape index (κ2) is 7.84. The van der Waals surface area contributed by atoms with E-state index in [9.17, 15) is 5.11 Å². The van der Waals surface area contributed by atoms with Crippen molar-refractivity contribution in [3.05, 3.63) is 87.4 Å². The number of ether oxygens (including phenoxy) is 2. The van der Waals surface area contributed by atoms with Crippen molar-refractivity contribution in [2.24, 2.45) is 4.99 Å². The number of aromatic hydroxyl groups is 1. The van der Waals surface area contributed by atoms with Crippen molar-refractivity contribution < 1.29 is 14.6 Å². The highest BCUT2D eigenvalue weighted by Gasteiger charge is 2.28. The maximum atomic E-state index is 10.5. The van der Waals surface area contributed by atoms with Crippen LogP contribution in [0.1, 0.15) is 35.3 Å². The van der Waals surface area contributed by atoms with Crippen molar-refractivity contribution in [1.82, 2.24) is 5.32 Å². The lowest BCUT2D eigenvalue weighted by Crippen LogP contribution is -2.33. The Balaban J connectivity index is 1.58. The Morgan fingerprint density at radius 3 is 2.63 bits per heavy atom. The number of hydrogen-bond donors (Lipinski definition) is 2. The lowest BCUT2D eigenvalue weighted by atomic mass is 9.93. The van der Waals surface area contributed by atoms with Gasteiger partial charge in [-0.15, -0.1) is 0 Å². The Hall–Kier alpha value is -2.73. The summed E-state index contributed by atoms with van der Waals surface area (Å²) >= 11 is 12.4. The molecule has 2 aliphatic rings. The lowest BCUT2D eigenvalue weighted by molar-refractivity contribution is 0.174. The summed E-state index contributed by atoms with van der Waals surface area (Å²) in [5.41, 5.74) is 3.50. The van der Waals surface area contributed by atoms with Crippen LogP contribution in [-0.2, 0) is 0 Å². The third kappa shape index (κ3) is 3.72. The van der Waals surface area contributed by atoms with Crippen LogP contribution in [0, 0.1) is 0 Å². The summed E-state index contributed by atoms with van der Waals surface area (Å²) in [6.45, 7) is 0.219. The fourth-order valence-electron chi connectivity index (χ4n) is 3.81. The van der Waals surface area contributed by atoms with Crippen LogP contribution >= 0.6 is 23.2 Å². The zero-order valence-corrected chi connectivity index (χ0v) is 17.3. The molecule has 0 saturated carbocycles. The van der Waals surface area contributed by atoms with Crippen LogP contribution in [0.25, 0.3) is 0 Å². The van der Waals surface area contributed by atoms with E-state index in [0.717, 1.165) is 28.2 Å². The molecule has 0 aliphatic carbocycles. The van der Waals surface area contributed by atoms with Gasteiger partial charge in [0.1, 0.15) is 11.9 Å². The molecule has 30 heavy (non-hydrogen) atoms. The number of aliphatic imine (C=N–C) groups is 1. The normalized spacial score (nSPS) is 20.1. The molecule has 0 unspecified atom stereocenters. The topological polar surface area (TPSA) is 63.1 Å². The van der Waals surface area contributed by atoms with E-state index in [2.05, 4.69) is 5.32 Å².